The van der Waals surface area contributed by atoms with E-state index in [9.17, 15) is 14.9 Å². The molecule has 0 radical (unpaired) electrons. The first-order valence-electron chi connectivity index (χ1n) is 15.3. The van der Waals surface area contributed by atoms with Crippen molar-refractivity contribution in [1.82, 2.24) is 34.7 Å². The van der Waals surface area contributed by atoms with Crippen LogP contribution < -0.4 is 10.2 Å². The van der Waals surface area contributed by atoms with Gasteiger partial charge in [-0.1, -0.05) is 6.92 Å². The zero-order chi connectivity index (χ0) is 29.6. The number of aldehydes is 1. The number of carbonyl (C=O) groups excluding carboxylic acids is 2. The van der Waals surface area contributed by atoms with Crippen LogP contribution in [0, 0.1) is 22.7 Å². The lowest BCUT2D eigenvalue weighted by Crippen LogP contribution is -2.52. The van der Waals surface area contributed by atoms with Crippen molar-refractivity contribution in [2.75, 3.05) is 18.0 Å². The second-order valence-electron chi connectivity index (χ2n) is 12.3. The topological polar surface area (TPSA) is 134 Å². The molecule has 43 heavy (non-hydrogen) atoms. The largest absolute Gasteiger partial charge is 0.357 e. The van der Waals surface area contributed by atoms with E-state index in [-0.39, 0.29) is 23.3 Å². The van der Waals surface area contributed by atoms with Crippen molar-refractivity contribution in [3.05, 3.63) is 48.7 Å². The number of hydrogen-bond donors (Lipinski definition) is 1. The predicted octanol–water partition coefficient (Wildman–Crippen LogP) is 4.34. The molecule has 3 fully saturated rings. The van der Waals surface area contributed by atoms with E-state index < -0.39 is 0 Å². The standard InChI is InChI=1S/C32H35N9O2/c1-2-32(31(43)37-25-4-3-5-25)8-10-39(11-9-32)28-7-6-22(15-34-28)29-30-23(14-33)16-36-41(30)19-27(38-29)24-17-35-40(18-24)26-12-21(13-26)20-42/h6-7,15-21,25-26H,2-5,8-13H2,1H3,(H,37,43)/t21-,26-. The minimum absolute atomic E-state index is 0.109. The third-order valence-electron chi connectivity index (χ3n) is 9.90. The molecule has 3 aliphatic rings. The molecule has 4 aromatic heterocycles. The molecule has 1 aliphatic heterocycles. The molecule has 0 unspecified atom stereocenters. The van der Waals surface area contributed by atoms with E-state index in [0.717, 1.165) is 81.3 Å². The summed E-state index contributed by atoms with van der Waals surface area (Å²) >= 11 is 0. The minimum Gasteiger partial charge on any atom is -0.357 e. The summed E-state index contributed by atoms with van der Waals surface area (Å²) in [5.41, 5.74) is 3.70. The Morgan fingerprint density at radius 3 is 2.58 bits per heavy atom. The average molecular weight is 578 g/mol. The molecule has 0 aromatic carbocycles. The first kappa shape index (κ1) is 27.3. The van der Waals surface area contributed by atoms with E-state index in [1.165, 1.54) is 6.42 Å². The molecule has 1 N–H and O–H groups in total. The molecule has 220 valence electrons. The first-order chi connectivity index (χ1) is 21.0. The van der Waals surface area contributed by atoms with Crippen LogP contribution in [0.1, 0.15) is 69.9 Å². The molecule has 1 saturated heterocycles. The smallest absolute Gasteiger partial charge is 0.226 e. The van der Waals surface area contributed by atoms with Crippen LogP contribution in [0.2, 0.25) is 0 Å². The van der Waals surface area contributed by atoms with Gasteiger partial charge in [0.05, 0.1) is 41.4 Å². The van der Waals surface area contributed by atoms with Crippen molar-refractivity contribution >= 4 is 23.5 Å². The Labute approximate surface area is 249 Å². The second-order valence-corrected chi connectivity index (χ2v) is 12.3. The van der Waals surface area contributed by atoms with Crippen molar-refractivity contribution in [1.29, 1.82) is 5.26 Å². The van der Waals surface area contributed by atoms with Crippen LogP contribution in [0.3, 0.4) is 0 Å². The summed E-state index contributed by atoms with van der Waals surface area (Å²) in [6.45, 7) is 3.67. The fourth-order valence-corrected chi connectivity index (χ4v) is 6.57. The molecule has 1 amide bonds. The van der Waals surface area contributed by atoms with E-state index in [4.69, 9.17) is 9.97 Å². The number of carbonyl (C=O) groups is 2. The summed E-state index contributed by atoms with van der Waals surface area (Å²) in [6, 6.07) is 6.79. The van der Waals surface area contributed by atoms with E-state index >= 15 is 0 Å². The van der Waals surface area contributed by atoms with E-state index in [1.54, 1.807) is 23.1 Å². The maximum absolute atomic E-state index is 13.1. The SMILES string of the molecule is CCC1(C(=O)NC2CCC2)CCN(c2ccc(-c3nc(-c4cnn([C@H]5C[C@H](C=O)C5)c4)cn4ncc(C#N)c34)cn2)CC1. The Balaban J connectivity index is 1.12. The third kappa shape index (κ3) is 4.84. The summed E-state index contributed by atoms with van der Waals surface area (Å²) in [7, 11) is 0. The number of nitriles is 1. The van der Waals surface area contributed by atoms with Crippen molar-refractivity contribution in [2.24, 2.45) is 11.3 Å². The van der Waals surface area contributed by atoms with Crippen LogP contribution >= 0.6 is 0 Å². The molecule has 11 heteroatoms. The molecule has 0 spiro atoms. The molecule has 11 nitrogen and oxygen atoms in total. The van der Waals surface area contributed by atoms with Crippen LogP contribution in [0.15, 0.2) is 43.1 Å². The fourth-order valence-electron chi connectivity index (χ4n) is 6.57. The molecular weight excluding hydrogens is 542 g/mol. The van der Waals surface area contributed by atoms with Gasteiger partial charge in [0, 0.05) is 48.6 Å². The molecule has 0 atom stereocenters. The monoisotopic (exact) mass is 577 g/mol. The van der Waals surface area contributed by atoms with Gasteiger partial charge in [-0.15, -0.1) is 0 Å². The van der Waals surface area contributed by atoms with Crippen molar-refractivity contribution in [3.8, 4) is 28.6 Å². The van der Waals surface area contributed by atoms with Gasteiger partial charge in [0.15, 0.2) is 0 Å². The number of piperidine rings is 1. The van der Waals surface area contributed by atoms with E-state index in [1.807, 2.05) is 29.2 Å². The minimum atomic E-state index is -0.305. The van der Waals surface area contributed by atoms with Gasteiger partial charge < -0.3 is 15.0 Å². The molecular formula is C32H35N9O2. The number of aromatic nitrogens is 6. The van der Waals surface area contributed by atoms with Crippen LogP contribution in [0.5, 0.6) is 0 Å². The lowest BCUT2D eigenvalue weighted by Gasteiger charge is -2.42. The number of nitrogens with zero attached hydrogens (tertiary/aromatic N) is 8. The Morgan fingerprint density at radius 1 is 1.12 bits per heavy atom. The van der Waals surface area contributed by atoms with Crippen molar-refractivity contribution < 1.29 is 9.59 Å². The highest BCUT2D eigenvalue weighted by Gasteiger charge is 2.41. The summed E-state index contributed by atoms with van der Waals surface area (Å²) < 4.78 is 3.60. The molecule has 2 saturated carbocycles. The van der Waals surface area contributed by atoms with Crippen molar-refractivity contribution in [3.63, 3.8) is 0 Å². The lowest BCUT2D eigenvalue weighted by molar-refractivity contribution is -0.134. The molecule has 7 rings (SSSR count). The number of hydrogen-bond acceptors (Lipinski definition) is 8. The Hall–Kier alpha value is -4.59. The normalized spacial score (nSPS) is 21.5. The van der Waals surface area contributed by atoms with E-state index in [2.05, 4.69) is 33.4 Å². The Morgan fingerprint density at radius 2 is 1.93 bits per heavy atom. The highest BCUT2D eigenvalue weighted by atomic mass is 16.2. The summed E-state index contributed by atoms with van der Waals surface area (Å²) in [5.74, 6) is 1.19. The van der Waals surface area contributed by atoms with Crippen LogP contribution in [0.4, 0.5) is 5.82 Å². The molecule has 0 bridgehead atoms. The van der Waals surface area contributed by atoms with Crippen LogP contribution in [-0.4, -0.2) is 60.7 Å². The summed E-state index contributed by atoms with van der Waals surface area (Å²) in [4.78, 5) is 36.2. The summed E-state index contributed by atoms with van der Waals surface area (Å²) in [6.07, 6.45) is 17.4. The average Bonchev–Trinajstić information content (AvgIpc) is 3.66. The van der Waals surface area contributed by atoms with Gasteiger partial charge in [0.1, 0.15) is 29.3 Å². The molecule has 5 heterocycles. The molecule has 2 aliphatic carbocycles. The van der Waals surface area contributed by atoms with E-state index in [0.29, 0.717) is 28.5 Å². The Bertz CT molecular complexity index is 1700. The number of fused-ring (bicyclic) bond motifs is 1. The van der Waals surface area contributed by atoms with Gasteiger partial charge in [0.2, 0.25) is 5.91 Å². The number of nitrogens with one attached hydrogen (secondary N) is 1. The predicted molar refractivity (Wildman–Crippen MR) is 160 cm³/mol. The number of anilines is 1. The van der Waals surface area contributed by atoms with Gasteiger partial charge >= 0.3 is 0 Å². The van der Waals surface area contributed by atoms with Crippen LogP contribution in [0.25, 0.3) is 28.0 Å². The summed E-state index contributed by atoms with van der Waals surface area (Å²) in [5, 5.41) is 22.0. The van der Waals surface area contributed by atoms with Gasteiger partial charge in [-0.3, -0.25) is 9.48 Å². The van der Waals surface area contributed by atoms with Gasteiger partial charge in [-0.25, -0.2) is 14.5 Å². The lowest BCUT2D eigenvalue weighted by atomic mass is 9.74. The zero-order valence-electron chi connectivity index (χ0n) is 24.3. The number of pyridine rings is 1. The highest BCUT2D eigenvalue weighted by molar-refractivity contribution is 5.84. The fraction of sp³-hybridized carbons (Fsp3) is 0.469. The second kappa shape index (κ2) is 10.9. The zero-order valence-corrected chi connectivity index (χ0v) is 24.3. The number of rotatable bonds is 8. The van der Waals surface area contributed by atoms with Crippen molar-refractivity contribution in [2.45, 2.75) is 70.4 Å². The maximum Gasteiger partial charge on any atom is 0.226 e. The Kier molecular flexibility index (Phi) is 6.92. The highest BCUT2D eigenvalue weighted by Crippen LogP contribution is 2.39. The number of amides is 1. The van der Waals surface area contributed by atoms with Gasteiger partial charge in [-0.2, -0.15) is 15.5 Å². The van der Waals surface area contributed by atoms with Crippen LogP contribution in [-0.2, 0) is 9.59 Å². The first-order valence-corrected chi connectivity index (χ1v) is 15.3. The third-order valence-corrected chi connectivity index (χ3v) is 9.90. The van der Waals surface area contributed by atoms with Gasteiger partial charge in [-0.05, 0) is 63.5 Å². The maximum atomic E-state index is 13.1. The quantitative estimate of drug-likeness (QED) is 0.306. The van der Waals surface area contributed by atoms with Gasteiger partial charge in [0.25, 0.3) is 0 Å². The molecule has 4 aromatic rings.